The predicted molar refractivity (Wildman–Crippen MR) is 92.2 cm³/mol. The summed E-state index contributed by atoms with van der Waals surface area (Å²) in [5, 5.41) is 11.0. The Balaban J connectivity index is 1.99. The Bertz CT molecular complexity index is 606. The second-order valence-corrected chi connectivity index (χ2v) is 6.96. The van der Waals surface area contributed by atoms with Crippen LogP contribution in [-0.2, 0) is 16.0 Å². The van der Waals surface area contributed by atoms with Crippen LogP contribution in [0.4, 0.5) is 5.69 Å². The van der Waals surface area contributed by atoms with E-state index in [1.165, 1.54) is 12.1 Å². The molecule has 2 atom stereocenters. The number of hydrogen-bond acceptors (Lipinski definition) is 5. The Kier molecular flexibility index (Phi) is 6.57. The molecular weight excluding hydrogens is 332 g/mol. The fraction of sp³-hybridized carbons (Fsp3) is 0.588. The zero-order valence-corrected chi connectivity index (χ0v) is 14.8. The van der Waals surface area contributed by atoms with Crippen molar-refractivity contribution < 1.29 is 14.5 Å². The smallest absolute Gasteiger partial charge is 0.310 e. The van der Waals surface area contributed by atoms with Gasteiger partial charge in [-0.3, -0.25) is 14.9 Å². The van der Waals surface area contributed by atoms with Crippen LogP contribution in [0.5, 0.6) is 0 Å². The van der Waals surface area contributed by atoms with Crippen LogP contribution in [0, 0.1) is 16.0 Å². The fourth-order valence-corrected chi connectivity index (χ4v) is 3.38. The van der Waals surface area contributed by atoms with E-state index in [-0.39, 0.29) is 29.2 Å². The van der Waals surface area contributed by atoms with Crippen molar-refractivity contribution >= 4 is 23.3 Å². The summed E-state index contributed by atoms with van der Waals surface area (Å²) >= 11 is 5.79. The molecule has 0 amide bonds. The van der Waals surface area contributed by atoms with Crippen molar-refractivity contribution in [3.8, 4) is 0 Å². The number of ether oxygens (including phenoxy) is 1. The highest BCUT2D eigenvalue weighted by Gasteiger charge is 2.28. The van der Waals surface area contributed by atoms with Crippen LogP contribution in [0.25, 0.3) is 0 Å². The maximum atomic E-state index is 12.2. The fourth-order valence-electron chi connectivity index (χ4n) is 3.19. The third-order valence-electron chi connectivity index (χ3n) is 4.28. The molecule has 0 spiro atoms. The van der Waals surface area contributed by atoms with Crippen molar-refractivity contribution in [1.82, 2.24) is 4.90 Å². The van der Waals surface area contributed by atoms with Gasteiger partial charge < -0.3 is 9.64 Å². The standard InChI is InChI=1S/C17H23ClN2O4/c1-19(2)11-13-5-3-4-6-16(13)24-17(21)10-12-7-8-14(18)15(9-12)20(22)23/h7-9,13,16H,3-6,10-11H2,1-2H3/t13-,16-/m0/s1. The van der Waals surface area contributed by atoms with Crippen molar-refractivity contribution in [3.63, 3.8) is 0 Å². The molecule has 0 saturated heterocycles. The van der Waals surface area contributed by atoms with Gasteiger partial charge in [-0.1, -0.05) is 24.1 Å². The Morgan fingerprint density at radius 3 is 2.75 bits per heavy atom. The largest absolute Gasteiger partial charge is 0.462 e. The topological polar surface area (TPSA) is 72.7 Å². The number of rotatable bonds is 6. The van der Waals surface area contributed by atoms with E-state index in [9.17, 15) is 14.9 Å². The molecule has 1 aromatic carbocycles. The normalized spacial score (nSPS) is 20.8. The van der Waals surface area contributed by atoms with Crippen molar-refractivity contribution in [2.75, 3.05) is 20.6 Å². The average molecular weight is 355 g/mol. The molecule has 24 heavy (non-hydrogen) atoms. The Labute approximate surface area is 146 Å². The van der Waals surface area contributed by atoms with E-state index in [4.69, 9.17) is 16.3 Å². The molecule has 0 N–H and O–H groups in total. The van der Waals surface area contributed by atoms with Gasteiger partial charge in [-0.15, -0.1) is 0 Å². The van der Waals surface area contributed by atoms with Crippen LogP contribution in [0.3, 0.4) is 0 Å². The van der Waals surface area contributed by atoms with Gasteiger partial charge in [0.2, 0.25) is 0 Å². The number of hydrogen-bond donors (Lipinski definition) is 0. The highest BCUT2D eigenvalue weighted by Crippen LogP contribution is 2.28. The Morgan fingerprint density at radius 1 is 1.38 bits per heavy atom. The molecule has 7 heteroatoms. The molecular formula is C17H23ClN2O4. The molecule has 1 aliphatic carbocycles. The van der Waals surface area contributed by atoms with Crippen LogP contribution in [0.15, 0.2) is 18.2 Å². The van der Waals surface area contributed by atoms with E-state index >= 15 is 0 Å². The number of nitrogens with zero attached hydrogens (tertiary/aromatic N) is 2. The lowest BCUT2D eigenvalue weighted by molar-refractivity contribution is -0.384. The zero-order valence-electron chi connectivity index (χ0n) is 14.0. The lowest BCUT2D eigenvalue weighted by Crippen LogP contribution is -2.36. The summed E-state index contributed by atoms with van der Waals surface area (Å²) in [4.78, 5) is 24.7. The number of carbonyl (C=O) groups is 1. The number of benzene rings is 1. The van der Waals surface area contributed by atoms with Crippen LogP contribution in [0.1, 0.15) is 31.2 Å². The van der Waals surface area contributed by atoms with Gasteiger partial charge in [-0.25, -0.2) is 0 Å². The van der Waals surface area contributed by atoms with Gasteiger partial charge in [0, 0.05) is 18.5 Å². The molecule has 1 saturated carbocycles. The summed E-state index contributed by atoms with van der Waals surface area (Å²) in [6.45, 7) is 0.893. The van der Waals surface area contributed by atoms with E-state index in [0.717, 1.165) is 32.2 Å². The van der Waals surface area contributed by atoms with Crippen LogP contribution >= 0.6 is 11.6 Å². The minimum Gasteiger partial charge on any atom is -0.462 e. The first-order chi connectivity index (χ1) is 11.4. The van der Waals surface area contributed by atoms with Crippen molar-refractivity contribution in [1.29, 1.82) is 0 Å². The monoisotopic (exact) mass is 354 g/mol. The maximum Gasteiger partial charge on any atom is 0.310 e. The molecule has 0 bridgehead atoms. The first-order valence-electron chi connectivity index (χ1n) is 8.14. The van der Waals surface area contributed by atoms with Gasteiger partial charge in [0.25, 0.3) is 5.69 Å². The lowest BCUT2D eigenvalue weighted by Gasteiger charge is -2.32. The molecule has 1 aliphatic rings. The number of esters is 1. The minimum absolute atomic E-state index is 0.0171. The maximum absolute atomic E-state index is 12.2. The zero-order chi connectivity index (χ0) is 17.7. The summed E-state index contributed by atoms with van der Waals surface area (Å²) in [6, 6.07) is 4.40. The first-order valence-corrected chi connectivity index (χ1v) is 8.51. The van der Waals surface area contributed by atoms with E-state index in [0.29, 0.717) is 11.5 Å². The second kappa shape index (κ2) is 8.44. The number of nitro benzene ring substituents is 1. The van der Waals surface area contributed by atoms with Gasteiger partial charge >= 0.3 is 5.97 Å². The molecule has 0 unspecified atom stereocenters. The SMILES string of the molecule is CN(C)C[C@@H]1CCCC[C@@H]1OC(=O)Cc1ccc(Cl)c([N+](=O)[O-])c1. The summed E-state index contributed by atoms with van der Waals surface area (Å²) in [6.07, 6.45) is 4.11. The van der Waals surface area contributed by atoms with Gasteiger partial charge in [0.15, 0.2) is 0 Å². The minimum atomic E-state index is -0.550. The molecule has 1 aromatic rings. The van der Waals surface area contributed by atoms with Crippen molar-refractivity contribution in [2.24, 2.45) is 5.92 Å². The number of carbonyl (C=O) groups excluding carboxylic acids is 1. The second-order valence-electron chi connectivity index (χ2n) is 6.55. The molecule has 2 rings (SSSR count). The third kappa shape index (κ3) is 5.18. The van der Waals surface area contributed by atoms with Crippen molar-refractivity contribution in [2.45, 2.75) is 38.2 Å². The van der Waals surface area contributed by atoms with E-state index in [1.807, 2.05) is 14.1 Å². The molecule has 0 aliphatic heterocycles. The van der Waals surface area contributed by atoms with E-state index < -0.39 is 4.92 Å². The molecule has 0 heterocycles. The molecule has 1 fully saturated rings. The summed E-state index contributed by atoms with van der Waals surface area (Å²) < 4.78 is 5.67. The highest BCUT2D eigenvalue weighted by atomic mass is 35.5. The summed E-state index contributed by atoms with van der Waals surface area (Å²) in [5.41, 5.74) is 0.348. The summed E-state index contributed by atoms with van der Waals surface area (Å²) in [5.74, 6) is -0.000435. The van der Waals surface area contributed by atoms with Crippen LogP contribution < -0.4 is 0 Å². The van der Waals surface area contributed by atoms with Crippen LogP contribution in [0.2, 0.25) is 5.02 Å². The molecule has 0 radical (unpaired) electrons. The third-order valence-corrected chi connectivity index (χ3v) is 4.60. The Morgan fingerprint density at radius 2 is 2.08 bits per heavy atom. The number of nitro groups is 1. The highest BCUT2D eigenvalue weighted by molar-refractivity contribution is 6.32. The van der Waals surface area contributed by atoms with Gasteiger partial charge in [0.1, 0.15) is 11.1 Å². The van der Waals surface area contributed by atoms with E-state index in [2.05, 4.69) is 4.90 Å². The summed E-state index contributed by atoms with van der Waals surface area (Å²) in [7, 11) is 4.03. The lowest BCUT2D eigenvalue weighted by atomic mass is 9.86. The molecule has 132 valence electrons. The van der Waals surface area contributed by atoms with Crippen LogP contribution in [-0.4, -0.2) is 42.5 Å². The van der Waals surface area contributed by atoms with E-state index in [1.54, 1.807) is 6.07 Å². The number of halogens is 1. The van der Waals surface area contributed by atoms with Gasteiger partial charge in [0.05, 0.1) is 11.3 Å². The average Bonchev–Trinajstić information content (AvgIpc) is 2.50. The Hall–Kier alpha value is -1.66. The van der Waals surface area contributed by atoms with Gasteiger partial charge in [-0.05, 0) is 45.0 Å². The van der Waals surface area contributed by atoms with Gasteiger partial charge in [-0.2, -0.15) is 0 Å². The molecule has 6 nitrogen and oxygen atoms in total. The predicted octanol–water partition coefficient (Wildman–Crippen LogP) is 3.45. The van der Waals surface area contributed by atoms with Crippen molar-refractivity contribution in [3.05, 3.63) is 38.9 Å². The first kappa shape index (κ1) is 18.7. The quantitative estimate of drug-likeness (QED) is 0.444. The molecule has 0 aromatic heterocycles.